The highest BCUT2D eigenvalue weighted by Gasteiger charge is 2.43. The molecule has 0 aliphatic carbocycles. The van der Waals surface area contributed by atoms with E-state index in [2.05, 4.69) is 0 Å². The molecule has 1 fully saturated rings. The zero-order valence-electron chi connectivity index (χ0n) is 16.6. The van der Waals surface area contributed by atoms with Gasteiger partial charge >= 0.3 is 0 Å². The molecular formula is C23H22N2O3S. The largest absolute Gasteiger partial charge is 0.495 e. The van der Waals surface area contributed by atoms with Gasteiger partial charge in [-0.25, -0.2) is 0 Å². The molecule has 1 aromatic heterocycles. The summed E-state index contributed by atoms with van der Waals surface area (Å²) < 4.78 is 5.48. The van der Waals surface area contributed by atoms with Crippen molar-refractivity contribution < 1.29 is 14.3 Å². The maximum atomic E-state index is 13.7. The molecule has 6 heteroatoms. The lowest BCUT2D eigenvalue weighted by atomic mass is 10.0. The molecule has 148 valence electrons. The lowest BCUT2D eigenvalue weighted by molar-refractivity contribution is -0.128. The maximum absolute atomic E-state index is 13.7. The number of carbonyl (C=O) groups is 2. The molecule has 1 aliphatic rings. The molecule has 1 aliphatic heterocycles. The van der Waals surface area contributed by atoms with E-state index < -0.39 is 6.04 Å². The van der Waals surface area contributed by atoms with Crippen LogP contribution in [0.4, 0.5) is 11.4 Å². The van der Waals surface area contributed by atoms with Crippen molar-refractivity contribution in [3.05, 3.63) is 76.0 Å². The molecule has 0 radical (unpaired) electrons. The highest BCUT2D eigenvalue weighted by atomic mass is 32.1. The number of hydrogen-bond acceptors (Lipinski definition) is 4. The Morgan fingerprint density at radius 3 is 2.45 bits per heavy atom. The van der Waals surface area contributed by atoms with Gasteiger partial charge in [-0.3, -0.25) is 14.5 Å². The molecule has 0 N–H and O–H groups in total. The molecule has 2 heterocycles. The molecule has 29 heavy (non-hydrogen) atoms. The Balaban J connectivity index is 1.84. The second-order valence-electron chi connectivity index (χ2n) is 7.00. The number of benzene rings is 2. The van der Waals surface area contributed by atoms with E-state index in [1.807, 2.05) is 67.8 Å². The number of ether oxygens (including phenoxy) is 1. The molecule has 4 rings (SSSR count). The predicted molar refractivity (Wildman–Crippen MR) is 116 cm³/mol. The van der Waals surface area contributed by atoms with Crippen LogP contribution in [-0.4, -0.2) is 25.5 Å². The zero-order chi connectivity index (χ0) is 20.5. The summed E-state index contributed by atoms with van der Waals surface area (Å²) in [5.74, 6) is 0.301. The van der Waals surface area contributed by atoms with Crippen molar-refractivity contribution in [2.45, 2.75) is 19.9 Å². The van der Waals surface area contributed by atoms with Crippen molar-refractivity contribution in [1.29, 1.82) is 0 Å². The van der Waals surface area contributed by atoms with Gasteiger partial charge in [0.2, 0.25) is 5.91 Å². The Kier molecular flexibility index (Phi) is 5.11. The smallest absolute Gasteiger partial charge is 0.256 e. The number of piperazine rings is 1. The summed E-state index contributed by atoms with van der Waals surface area (Å²) in [4.78, 5) is 31.1. The minimum atomic E-state index is -0.729. The summed E-state index contributed by atoms with van der Waals surface area (Å²) in [5, 5.41) is 1.92. The number of nitrogens with zero attached hydrogens (tertiary/aromatic N) is 2. The van der Waals surface area contributed by atoms with Crippen LogP contribution in [0.3, 0.4) is 0 Å². The van der Waals surface area contributed by atoms with Crippen LogP contribution in [0.25, 0.3) is 0 Å². The molecule has 1 saturated heterocycles. The van der Waals surface area contributed by atoms with Gasteiger partial charge in [-0.2, -0.15) is 0 Å². The maximum Gasteiger partial charge on any atom is 0.256 e. The van der Waals surface area contributed by atoms with Gasteiger partial charge in [0.1, 0.15) is 12.3 Å². The first-order valence-electron chi connectivity index (χ1n) is 9.39. The summed E-state index contributed by atoms with van der Waals surface area (Å²) in [6, 6.07) is 16.2. The summed E-state index contributed by atoms with van der Waals surface area (Å²) in [6.07, 6.45) is 0. The van der Waals surface area contributed by atoms with Crippen molar-refractivity contribution in [2.24, 2.45) is 0 Å². The molecule has 0 bridgehead atoms. The van der Waals surface area contributed by atoms with Gasteiger partial charge in [0, 0.05) is 10.6 Å². The van der Waals surface area contributed by atoms with Crippen molar-refractivity contribution in [3.8, 4) is 5.75 Å². The number of methoxy groups -OCH3 is 1. The van der Waals surface area contributed by atoms with E-state index in [9.17, 15) is 9.59 Å². The van der Waals surface area contributed by atoms with Gasteiger partial charge in [0.15, 0.2) is 6.04 Å². The molecule has 0 unspecified atom stereocenters. The normalized spacial score (nSPS) is 17.0. The number of amides is 2. The van der Waals surface area contributed by atoms with Crippen molar-refractivity contribution in [3.63, 3.8) is 0 Å². The second-order valence-corrected chi connectivity index (χ2v) is 7.98. The van der Waals surface area contributed by atoms with Crippen LogP contribution in [-0.2, 0) is 9.59 Å². The average Bonchev–Trinajstić information content (AvgIpc) is 3.26. The zero-order valence-corrected chi connectivity index (χ0v) is 17.4. The fourth-order valence-corrected chi connectivity index (χ4v) is 4.53. The number of thiophene rings is 1. The lowest BCUT2D eigenvalue weighted by Crippen LogP contribution is -2.56. The first-order valence-corrected chi connectivity index (χ1v) is 10.3. The first kappa shape index (κ1) is 19.2. The van der Waals surface area contributed by atoms with Crippen LogP contribution in [0, 0.1) is 13.8 Å². The highest BCUT2D eigenvalue weighted by Crippen LogP contribution is 2.40. The third-order valence-electron chi connectivity index (χ3n) is 5.34. The van der Waals surface area contributed by atoms with E-state index in [0.29, 0.717) is 11.4 Å². The summed E-state index contributed by atoms with van der Waals surface area (Å²) in [7, 11) is 1.57. The second kappa shape index (κ2) is 7.72. The van der Waals surface area contributed by atoms with Gasteiger partial charge in [-0.1, -0.05) is 30.3 Å². The number of para-hydroxylation sites is 2. The van der Waals surface area contributed by atoms with Crippen LogP contribution in [0.15, 0.2) is 60.0 Å². The van der Waals surface area contributed by atoms with Gasteiger partial charge < -0.3 is 9.64 Å². The van der Waals surface area contributed by atoms with Crippen molar-refractivity contribution in [1.82, 2.24) is 0 Å². The van der Waals surface area contributed by atoms with E-state index in [0.717, 1.165) is 21.7 Å². The number of carbonyl (C=O) groups excluding carboxylic acids is 2. The number of rotatable bonds is 4. The molecule has 5 nitrogen and oxygen atoms in total. The SMILES string of the molecule is COc1ccccc1N1C(=O)CN(c2cccc(C)c2C)C(=O)[C@@H]1c1cccs1. The third-order valence-corrected chi connectivity index (χ3v) is 6.27. The Bertz CT molecular complexity index is 1060. The molecule has 2 amide bonds. The fraction of sp³-hybridized carbons (Fsp3) is 0.217. The van der Waals surface area contributed by atoms with Gasteiger partial charge in [0.25, 0.3) is 5.91 Å². The van der Waals surface area contributed by atoms with E-state index in [-0.39, 0.29) is 18.4 Å². The van der Waals surface area contributed by atoms with Gasteiger partial charge in [0.05, 0.1) is 12.8 Å². The monoisotopic (exact) mass is 406 g/mol. The Hall–Kier alpha value is -3.12. The van der Waals surface area contributed by atoms with E-state index in [1.165, 1.54) is 11.3 Å². The minimum absolute atomic E-state index is 0.0109. The summed E-state index contributed by atoms with van der Waals surface area (Å²) in [5.41, 5.74) is 3.48. The highest BCUT2D eigenvalue weighted by molar-refractivity contribution is 7.10. The number of anilines is 2. The van der Waals surface area contributed by atoms with Crippen LogP contribution in [0.2, 0.25) is 0 Å². The molecule has 0 spiro atoms. The molecular weight excluding hydrogens is 384 g/mol. The molecule has 1 atom stereocenters. The molecule has 2 aromatic carbocycles. The topological polar surface area (TPSA) is 49.9 Å². The average molecular weight is 407 g/mol. The predicted octanol–water partition coefficient (Wildman–Crippen LogP) is 4.49. The quantitative estimate of drug-likeness (QED) is 0.641. The molecule has 3 aromatic rings. The van der Waals surface area contributed by atoms with Gasteiger partial charge in [-0.05, 0) is 54.6 Å². The van der Waals surface area contributed by atoms with Crippen LogP contribution in [0.1, 0.15) is 22.0 Å². The summed E-state index contributed by atoms with van der Waals surface area (Å²) in [6.45, 7) is 3.98. The van der Waals surface area contributed by atoms with Gasteiger partial charge in [-0.15, -0.1) is 11.3 Å². The minimum Gasteiger partial charge on any atom is -0.495 e. The third kappa shape index (κ3) is 3.29. The van der Waals surface area contributed by atoms with E-state index >= 15 is 0 Å². The standard InChI is InChI=1S/C23H22N2O3S/c1-15-8-6-10-17(16(15)2)24-14-21(26)25(18-9-4-5-11-19(18)28-3)22(23(24)27)20-12-7-13-29-20/h4-13,22H,14H2,1-3H3/t22-/m0/s1. The van der Waals surface area contributed by atoms with Crippen molar-refractivity contribution >= 4 is 34.5 Å². The molecule has 0 saturated carbocycles. The van der Waals surface area contributed by atoms with Crippen LogP contribution in [0.5, 0.6) is 5.75 Å². The number of aryl methyl sites for hydroxylation is 1. The fourth-order valence-electron chi connectivity index (χ4n) is 3.72. The van der Waals surface area contributed by atoms with Crippen LogP contribution >= 0.6 is 11.3 Å². The number of hydrogen-bond donors (Lipinski definition) is 0. The Morgan fingerprint density at radius 1 is 0.966 bits per heavy atom. The Labute approximate surface area is 174 Å². The van der Waals surface area contributed by atoms with E-state index in [4.69, 9.17) is 4.74 Å². The van der Waals surface area contributed by atoms with Crippen LogP contribution < -0.4 is 14.5 Å². The van der Waals surface area contributed by atoms with E-state index in [1.54, 1.807) is 23.0 Å². The summed E-state index contributed by atoms with van der Waals surface area (Å²) >= 11 is 1.47. The lowest BCUT2D eigenvalue weighted by Gasteiger charge is -2.40. The Morgan fingerprint density at radius 2 is 1.72 bits per heavy atom. The first-order chi connectivity index (χ1) is 14.0. The van der Waals surface area contributed by atoms with Crippen molar-refractivity contribution in [2.75, 3.05) is 23.5 Å².